The van der Waals surface area contributed by atoms with Gasteiger partial charge in [-0.25, -0.2) is 0 Å². The molecule has 0 aliphatic heterocycles. The molecule has 0 aromatic heterocycles. The summed E-state index contributed by atoms with van der Waals surface area (Å²) in [5, 5.41) is 0.945. The van der Waals surface area contributed by atoms with E-state index in [2.05, 4.69) is 0 Å². The standard InChI is InChI=1S/C14H19Cl2NO2/c1-3-19-13(18)14(2,8-5-9-17)12-10(15)6-4-7-11(12)16/h4,6-7H,3,5,8-9,17H2,1-2H3. The molecule has 1 aromatic rings. The molecule has 0 saturated carbocycles. The fourth-order valence-corrected chi connectivity index (χ4v) is 2.91. The minimum absolute atomic E-state index is 0.319. The fraction of sp³-hybridized carbons (Fsp3) is 0.500. The Morgan fingerprint density at radius 3 is 2.42 bits per heavy atom. The lowest BCUT2D eigenvalue weighted by Crippen LogP contribution is -2.35. The second kappa shape index (κ2) is 7.13. The molecule has 19 heavy (non-hydrogen) atoms. The van der Waals surface area contributed by atoms with Crippen LogP contribution < -0.4 is 5.73 Å². The lowest BCUT2D eigenvalue weighted by Gasteiger charge is -2.29. The lowest BCUT2D eigenvalue weighted by molar-refractivity contribution is -0.149. The first-order valence-electron chi connectivity index (χ1n) is 6.29. The average Bonchev–Trinajstić information content (AvgIpc) is 2.36. The van der Waals surface area contributed by atoms with E-state index in [0.29, 0.717) is 41.6 Å². The maximum absolute atomic E-state index is 12.3. The summed E-state index contributed by atoms with van der Waals surface area (Å²) in [7, 11) is 0. The molecule has 0 radical (unpaired) electrons. The molecule has 0 amide bonds. The van der Waals surface area contributed by atoms with Gasteiger partial charge in [0.15, 0.2) is 0 Å². The van der Waals surface area contributed by atoms with Gasteiger partial charge in [0, 0.05) is 15.6 Å². The zero-order valence-corrected chi connectivity index (χ0v) is 12.7. The number of hydrogen-bond acceptors (Lipinski definition) is 3. The summed E-state index contributed by atoms with van der Waals surface area (Å²) in [6, 6.07) is 5.20. The number of rotatable bonds is 6. The SMILES string of the molecule is CCOC(=O)C(C)(CCCN)c1c(Cl)cccc1Cl. The highest BCUT2D eigenvalue weighted by atomic mass is 35.5. The Labute approximate surface area is 124 Å². The van der Waals surface area contributed by atoms with Crippen molar-refractivity contribution in [2.45, 2.75) is 32.1 Å². The molecule has 1 aromatic carbocycles. The van der Waals surface area contributed by atoms with Crippen LogP contribution in [0.5, 0.6) is 0 Å². The molecule has 0 aliphatic rings. The molecular formula is C14H19Cl2NO2. The predicted molar refractivity (Wildman–Crippen MR) is 78.7 cm³/mol. The predicted octanol–water partition coefficient (Wildman–Crippen LogP) is 3.55. The summed E-state index contributed by atoms with van der Waals surface area (Å²) >= 11 is 12.4. The molecule has 1 unspecified atom stereocenters. The van der Waals surface area contributed by atoms with E-state index in [0.717, 1.165) is 0 Å². The number of benzene rings is 1. The second-order valence-electron chi connectivity index (χ2n) is 4.54. The van der Waals surface area contributed by atoms with Gasteiger partial charge in [0.05, 0.1) is 12.0 Å². The van der Waals surface area contributed by atoms with Crippen molar-refractivity contribution in [2.75, 3.05) is 13.2 Å². The van der Waals surface area contributed by atoms with Crippen LogP contribution in [0.4, 0.5) is 0 Å². The highest BCUT2D eigenvalue weighted by molar-refractivity contribution is 6.36. The molecule has 106 valence electrons. The molecular weight excluding hydrogens is 285 g/mol. The van der Waals surface area contributed by atoms with Crippen molar-refractivity contribution in [3.05, 3.63) is 33.8 Å². The number of carbonyl (C=O) groups is 1. The van der Waals surface area contributed by atoms with Crippen molar-refractivity contribution >= 4 is 29.2 Å². The van der Waals surface area contributed by atoms with Crippen LogP contribution in [0.25, 0.3) is 0 Å². The van der Waals surface area contributed by atoms with Crippen LogP contribution in [0.15, 0.2) is 18.2 Å². The zero-order chi connectivity index (χ0) is 14.5. The summed E-state index contributed by atoms with van der Waals surface area (Å²) in [5.41, 5.74) is 5.29. The first kappa shape index (κ1) is 16.3. The Balaban J connectivity index is 3.26. The van der Waals surface area contributed by atoms with Crippen molar-refractivity contribution in [1.29, 1.82) is 0 Å². The number of nitrogens with two attached hydrogens (primary N) is 1. The molecule has 3 nitrogen and oxygen atoms in total. The van der Waals surface area contributed by atoms with Gasteiger partial charge >= 0.3 is 5.97 Å². The quantitative estimate of drug-likeness (QED) is 0.818. The third kappa shape index (κ3) is 3.62. The van der Waals surface area contributed by atoms with Crippen molar-refractivity contribution in [3.63, 3.8) is 0 Å². The molecule has 0 aliphatic carbocycles. The minimum Gasteiger partial charge on any atom is -0.465 e. The summed E-state index contributed by atoms with van der Waals surface area (Å²) in [6.45, 7) is 4.39. The average molecular weight is 304 g/mol. The molecule has 0 fully saturated rings. The van der Waals surface area contributed by atoms with E-state index in [1.165, 1.54) is 0 Å². The molecule has 0 heterocycles. The third-order valence-corrected chi connectivity index (χ3v) is 3.75. The summed E-state index contributed by atoms with van der Waals surface area (Å²) in [6.07, 6.45) is 1.24. The molecule has 1 atom stereocenters. The Kier molecular flexibility index (Phi) is 6.11. The number of esters is 1. The van der Waals surface area contributed by atoms with E-state index in [-0.39, 0.29) is 5.97 Å². The first-order valence-corrected chi connectivity index (χ1v) is 7.04. The normalized spacial score (nSPS) is 13.9. The van der Waals surface area contributed by atoms with E-state index < -0.39 is 5.41 Å². The van der Waals surface area contributed by atoms with Gasteiger partial charge in [0.25, 0.3) is 0 Å². The van der Waals surface area contributed by atoms with Crippen molar-refractivity contribution < 1.29 is 9.53 Å². The van der Waals surface area contributed by atoms with Gasteiger partial charge in [-0.05, 0) is 45.4 Å². The maximum atomic E-state index is 12.3. The molecule has 0 saturated heterocycles. The van der Waals surface area contributed by atoms with E-state index in [1.807, 2.05) is 0 Å². The molecule has 0 spiro atoms. The van der Waals surface area contributed by atoms with Crippen LogP contribution in [0.2, 0.25) is 10.0 Å². The van der Waals surface area contributed by atoms with Crippen LogP contribution in [-0.2, 0) is 14.9 Å². The number of ether oxygens (including phenoxy) is 1. The lowest BCUT2D eigenvalue weighted by atomic mass is 9.78. The second-order valence-corrected chi connectivity index (χ2v) is 5.36. The van der Waals surface area contributed by atoms with Crippen LogP contribution in [0.1, 0.15) is 32.3 Å². The molecule has 1 rings (SSSR count). The Morgan fingerprint density at radius 2 is 1.95 bits per heavy atom. The summed E-state index contributed by atoms with van der Waals surface area (Å²) < 4.78 is 5.17. The van der Waals surface area contributed by atoms with Crippen LogP contribution in [0.3, 0.4) is 0 Å². The third-order valence-electron chi connectivity index (χ3n) is 3.12. The van der Waals surface area contributed by atoms with Gasteiger partial charge in [-0.2, -0.15) is 0 Å². The van der Waals surface area contributed by atoms with Gasteiger partial charge in [-0.3, -0.25) is 4.79 Å². The van der Waals surface area contributed by atoms with Crippen molar-refractivity contribution in [2.24, 2.45) is 5.73 Å². The maximum Gasteiger partial charge on any atom is 0.316 e. The van der Waals surface area contributed by atoms with Crippen molar-refractivity contribution in [1.82, 2.24) is 0 Å². The van der Waals surface area contributed by atoms with Gasteiger partial charge in [0.1, 0.15) is 0 Å². The van der Waals surface area contributed by atoms with Crippen LogP contribution in [-0.4, -0.2) is 19.1 Å². The molecule has 0 bridgehead atoms. The van der Waals surface area contributed by atoms with Gasteiger partial charge in [-0.1, -0.05) is 29.3 Å². The first-order chi connectivity index (χ1) is 8.97. The number of halogens is 2. The minimum atomic E-state index is -0.870. The van der Waals surface area contributed by atoms with E-state index in [4.69, 9.17) is 33.7 Å². The van der Waals surface area contributed by atoms with Gasteiger partial charge in [-0.15, -0.1) is 0 Å². The van der Waals surface area contributed by atoms with Crippen LogP contribution >= 0.6 is 23.2 Å². The van der Waals surface area contributed by atoms with E-state index in [1.54, 1.807) is 32.0 Å². The fourth-order valence-electron chi connectivity index (χ4n) is 2.10. The van der Waals surface area contributed by atoms with E-state index >= 15 is 0 Å². The van der Waals surface area contributed by atoms with E-state index in [9.17, 15) is 4.79 Å². The highest BCUT2D eigenvalue weighted by Gasteiger charge is 2.39. The number of carbonyl (C=O) groups excluding carboxylic acids is 1. The topological polar surface area (TPSA) is 52.3 Å². The monoisotopic (exact) mass is 303 g/mol. The summed E-state index contributed by atoms with van der Waals surface area (Å²) in [4.78, 5) is 12.3. The highest BCUT2D eigenvalue weighted by Crippen LogP contribution is 2.39. The van der Waals surface area contributed by atoms with Crippen LogP contribution in [0, 0.1) is 0 Å². The smallest absolute Gasteiger partial charge is 0.316 e. The van der Waals surface area contributed by atoms with Gasteiger partial charge in [0.2, 0.25) is 0 Å². The Bertz CT molecular complexity index is 431. The Morgan fingerprint density at radius 1 is 1.37 bits per heavy atom. The largest absolute Gasteiger partial charge is 0.465 e. The molecule has 2 N–H and O–H groups in total. The molecule has 5 heteroatoms. The number of hydrogen-bond donors (Lipinski definition) is 1. The Hall–Kier alpha value is -0.770. The van der Waals surface area contributed by atoms with Gasteiger partial charge < -0.3 is 10.5 Å². The van der Waals surface area contributed by atoms with Crippen molar-refractivity contribution in [3.8, 4) is 0 Å². The zero-order valence-electron chi connectivity index (χ0n) is 11.2. The summed E-state index contributed by atoms with van der Waals surface area (Å²) in [5.74, 6) is -0.321.